The van der Waals surface area contributed by atoms with Crippen molar-refractivity contribution in [3.05, 3.63) is 39.1 Å². The minimum absolute atomic E-state index is 0.0932. The van der Waals surface area contributed by atoms with Crippen LogP contribution in [0, 0.1) is 15.5 Å². The molecule has 0 spiro atoms. The number of nitro groups is 1. The van der Waals surface area contributed by atoms with Gasteiger partial charge in [-0.05, 0) is 18.1 Å². The first-order chi connectivity index (χ1) is 11.8. The highest BCUT2D eigenvalue weighted by Gasteiger charge is 2.57. The number of carbonyl (C=O) groups excluding carboxylic acids is 1. The molecule has 1 fully saturated rings. The summed E-state index contributed by atoms with van der Waals surface area (Å²) in [6.07, 6.45) is -3.54. The van der Waals surface area contributed by atoms with Crippen LogP contribution in [0.4, 0.5) is 18.9 Å². The molecule has 0 saturated carbocycles. The quantitative estimate of drug-likeness (QED) is 0.603. The van der Waals surface area contributed by atoms with Crippen molar-refractivity contribution in [3.8, 4) is 5.75 Å². The summed E-state index contributed by atoms with van der Waals surface area (Å²) in [5.74, 6) is -2.58. The van der Waals surface area contributed by atoms with E-state index in [4.69, 9.17) is 0 Å². The third kappa shape index (κ3) is 2.22. The normalized spacial score (nSPS) is 23.9. The number of hydrogen-bond acceptors (Lipinski definition) is 4. The summed E-state index contributed by atoms with van der Waals surface area (Å²) in [5, 5.41) is 21.4. The number of fused-ring (bicyclic) bond motifs is 4. The maximum atomic E-state index is 13.0. The largest absolute Gasteiger partial charge is 0.502 e. The number of rotatable bonds is 1. The molecule has 140 valence electrons. The minimum Gasteiger partial charge on any atom is -0.502 e. The highest BCUT2D eigenvalue weighted by atomic mass is 19.4. The molecule has 1 aliphatic heterocycles. The zero-order valence-electron chi connectivity index (χ0n) is 14.3. The Morgan fingerprint density at radius 2 is 1.92 bits per heavy atom. The number of benzene rings is 1. The number of hydrogen-bond donors (Lipinski definition) is 1. The fourth-order valence-electron chi connectivity index (χ4n) is 3.99. The SMILES string of the molecule is CC1(C)C2=Cc3c(ccc([N+](=O)[O-])c3O)[C@]1(C)CCN2C(=O)C(F)(F)F. The lowest BCUT2D eigenvalue weighted by atomic mass is 9.54. The van der Waals surface area contributed by atoms with Crippen molar-refractivity contribution in [2.75, 3.05) is 6.54 Å². The van der Waals surface area contributed by atoms with Crippen LogP contribution >= 0.6 is 0 Å². The molecule has 1 atom stereocenters. The van der Waals surface area contributed by atoms with Crippen molar-refractivity contribution in [2.45, 2.75) is 38.8 Å². The molecule has 1 heterocycles. The van der Waals surface area contributed by atoms with Crippen molar-refractivity contribution in [2.24, 2.45) is 5.41 Å². The van der Waals surface area contributed by atoms with Crippen LogP contribution in [0.5, 0.6) is 5.75 Å². The first kappa shape index (κ1) is 18.2. The summed E-state index contributed by atoms with van der Waals surface area (Å²) in [6.45, 7) is 5.17. The Labute approximate surface area is 147 Å². The molecular weight excluding hydrogens is 353 g/mol. The second-order valence-electron chi connectivity index (χ2n) is 7.34. The zero-order chi connectivity index (χ0) is 19.7. The predicted octanol–water partition coefficient (Wildman–Crippen LogP) is 3.73. The van der Waals surface area contributed by atoms with Crippen molar-refractivity contribution in [1.29, 1.82) is 0 Å². The number of halogens is 3. The number of aromatic hydroxyl groups is 1. The second-order valence-corrected chi connectivity index (χ2v) is 7.34. The number of nitro benzene ring substituents is 1. The third-order valence-electron chi connectivity index (χ3n) is 5.90. The van der Waals surface area contributed by atoms with Gasteiger partial charge >= 0.3 is 17.8 Å². The number of amides is 1. The molecule has 9 heteroatoms. The van der Waals surface area contributed by atoms with E-state index in [1.165, 1.54) is 18.2 Å². The number of nitrogens with zero attached hydrogens (tertiary/aromatic N) is 2. The fraction of sp³-hybridized carbons (Fsp3) is 0.471. The maximum absolute atomic E-state index is 13.0. The van der Waals surface area contributed by atoms with Gasteiger partial charge in [0.05, 0.1) is 4.92 Å². The Bertz CT molecular complexity index is 860. The van der Waals surface area contributed by atoms with E-state index in [0.717, 1.165) is 0 Å². The van der Waals surface area contributed by atoms with Crippen LogP contribution in [0.2, 0.25) is 0 Å². The molecule has 1 saturated heterocycles. The van der Waals surface area contributed by atoms with Gasteiger partial charge in [0.25, 0.3) is 0 Å². The van der Waals surface area contributed by atoms with E-state index in [1.54, 1.807) is 13.8 Å². The van der Waals surface area contributed by atoms with E-state index in [1.807, 2.05) is 6.92 Å². The van der Waals surface area contributed by atoms with Crippen molar-refractivity contribution >= 4 is 17.7 Å². The van der Waals surface area contributed by atoms with Gasteiger partial charge in [0.15, 0.2) is 0 Å². The Balaban J connectivity index is 2.28. The molecule has 1 amide bonds. The van der Waals surface area contributed by atoms with Crippen LogP contribution < -0.4 is 0 Å². The number of phenols is 1. The summed E-state index contributed by atoms with van der Waals surface area (Å²) < 4.78 is 39.0. The van der Waals surface area contributed by atoms with E-state index in [2.05, 4.69) is 0 Å². The summed E-state index contributed by atoms with van der Waals surface area (Å²) in [7, 11) is 0. The molecule has 0 aromatic heterocycles. The number of piperidine rings is 1. The molecule has 0 unspecified atom stereocenters. The Morgan fingerprint density at radius 1 is 1.31 bits per heavy atom. The first-order valence-electron chi connectivity index (χ1n) is 7.94. The van der Waals surface area contributed by atoms with Gasteiger partial charge in [-0.1, -0.05) is 26.8 Å². The Kier molecular flexibility index (Phi) is 3.65. The molecule has 1 aromatic rings. The first-order valence-corrected chi connectivity index (χ1v) is 7.94. The second kappa shape index (κ2) is 5.21. The number of phenolic OH excluding ortho intramolecular Hbond substituents is 1. The Hall–Kier alpha value is -2.58. The van der Waals surface area contributed by atoms with Crippen molar-refractivity contribution < 1.29 is 28.0 Å². The lowest BCUT2D eigenvalue weighted by Crippen LogP contribution is -2.57. The summed E-state index contributed by atoms with van der Waals surface area (Å²) in [5.41, 5.74) is -1.26. The van der Waals surface area contributed by atoms with Gasteiger partial charge in [-0.25, -0.2) is 0 Å². The zero-order valence-corrected chi connectivity index (χ0v) is 14.3. The van der Waals surface area contributed by atoms with E-state index in [-0.39, 0.29) is 24.2 Å². The molecule has 1 aliphatic carbocycles. The van der Waals surface area contributed by atoms with Crippen LogP contribution in [0.15, 0.2) is 17.8 Å². The van der Waals surface area contributed by atoms with Crippen LogP contribution in [0.3, 0.4) is 0 Å². The van der Waals surface area contributed by atoms with Gasteiger partial charge < -0.3 is 10.0 Å². The van der Waals surface area contributed by atoms with E-state index in [9.17, 15) is 33.2 Å². The predicted molar refractivity (Wildman–Crippen MR) is 86.3 cm³/mol. The minimum atomic E-state index is -5.03. The summed E-state index contributed by atoms with van der Waals surface area (Å²) in [6, 6.07) is 2.73. The average molecular weight is 370 g/mol. The highest BCUT2D eigenvalue weighted by Crippen LogP contribution is 2.59. The topological polar surface area (TPSA) is 83.7 Å². The van der Waals surface area contributed by atoms with Gasteiger partial charge in [0.2, 0.25) is 5.75 Å². The highest BCUT2D eigenvalue weighted by molar-refractivity contribution is 5.86. The molecule has 1 aromatic carbocycles. The third-order valence-corrected chi connectivity index (χ3v) is 5.90. The Morgan fingerprint density at radius 3 is 2.46 bits per heavy atom. The van der Waals surface area contributed by atoms with Gasteiger partial charge in [-0.15, -0.1) is 0 Å². The molecule has 2 bridgehead atoms. The van der Waals surface area contributed by atoms with E-state index >= 15 is 0 Å². The van der Waals surface area contributed by atoms with Gasteiger partial charge in [-0.2, -0.15) is 13.2 Å². The van der Waals surface area contributed by atoms with Crippen LogP contribution in [0.25, 0.3) is 6.08 Å². The number of allylic oxidation sites excluding steroid dienone is 1. The van der Waals surface area contributed by atoms with Crippen molar-refractivity contribution in [1.82, 2.24) is 4.90 Å². The standard InChI is InChI=1S/C17H17F3N2O4/c1-15(2)12-8-9-10(4-5-11(13(9)23)22(25)26)16(15,3)6-7-21(12)14(24)17(18,19)20/h4-5,8,23H,6-7H2,1-3H3/t16-/m0/s1. The monoisotopic (exact) mass is 370 g/mol. The van der Waals surface area contributed by atoms with Crippen LogP contribution in [-0.2, 0) is 10.2 Å². The fourth-order valence-corrected chi connectivity index (χ4v) is 3.99. The molecular formula is C17H17F3N2O4. The van der Waals surface area contributed by atoms with E-state index in [0.29, 0.717) is 10.5 Å². The number of likely N-dealkylation sites (tertiary alicyclic amines) is 1. The lowest BCUT2D eigenvalue weighted by Gasteiger charge is -2.56. The molecule has 6 nitrogen and oxygen atoms in total. The van der Waals surface area contributed by atoms with Crippen LogP contribution in [-0.4, -0.2) is 33.6 Å². The summed E-state index contributed by atoms with van der Waals surface area (Å²) in [4.78, 5) is 22.9. The lowest BCUT2D eigenvalue weighted by molar-refractivity contribution is -0.385. The average Bonchev–Trinajstić information content (AvgIpc) is 2.49. The summed E-state index contributed by atoms with van der Waals surface area (Å²) >= 11 is 0. The van der Waals surface area contributed by atoms with Gasteiger partial charge in [-0.3, -0.25) is 14.9 Å². The molecule has 1 N–H and O–H groups in total. The molecule has 2 aliphatic rings. The molecule has 26 heavy (non-hydrogen) atoms. The number of carbonyl (C=O) groups is 1. The van der Waals surface area contributed by atoms with Crippen molar-refractivity contribution in [3.63, 3.8) is 0 Å². The number of alkyl halides is 3. The molecule has 3 rings (SSSR count). The van der Waals surface area contributed by atoms with Gasteiger partial charge in [0, 0.05) is 34.7 Å². The maximum Gasteiger partial charge on any atom is 0.471 e. The van der Waals surface area contributed by atoms with Gasteiger partial charge in [0.1, 0.15) is 0 Å². The molecule has 0 radical (unpaired) electrons. The smallest absolute Gasteiger partial charge is 0.471 e. The van der Waals surface area contributed by atoms with Crippen LogP contribution in [0.1, 0.15) is 38.3 Å². The van der Waals surface area contributed by atoms with E-state index < -0.39 is 39.3 Å².